The van der Waals surface area contributed by atoms with Gasteiger partial charge < -0.3 is 9.63 Å². The second-order valence-corrected chi connectivity index (χ2v) is 5.00. The summed E-state index contributed by atoms with van der Waals surface area (Å²) in [4.78, 5) is 1.98. The molecule has 4 nitrogen and oxygen atoms in total. The fourth-order valence-corrected chi connectivity index (χ4v) is 2.65. The van der Waals surface area contributed by atoms with Crippen molar-refractivity contribution in [1.29, 1.82) is 0 Å². The summed E-state index contributed by atoms with van der Waals surface area (Å²) in [7, 11) is 0. The number of aliphatic hydroxyl groups excluding tert-OH is 1. The number of aromatic nitrogens is 1. The van der Waals surface area contributed by atoms with Gasteiger partial charge in [-0.15, -0.1) is 0 Å². The predicted octanol–water partition coefficient (Wildman–Crippen LogP) is 2.26. The van der Waals surface area contributed by atoms with Crippen LogP contribution in [0.4, 0.5) is 8.78 Å². The van der Waals surface area contributed by atoms with Crippen molar-refractivity contribution in [3.63, 3.8) is 0 Å². The third-order valence-electron chi connectivity index (χ3n) is 3.57. The molecule has 2 aromatic rings. The van der Waals surface area contributed by atoms with E-state index in [1.807, 2.05) is 4.90 Å². The van der Waals surface area contributed by atoms with Gasteiger partial charge in [0, 0.05) is 25.2 Å². The van der Waals surface area contributed by atoms with Crippen LogP contribution < -0.4 is 0 Å². The average molecular weight is 280 g/mol. The number of likely N-dealkylation sites (tertiary alicyclic amines) is 1. The van der Waals surface area contributed by atoms with E-state index in [4.69, 9.17) is 4.52 Å². The number of rotatable bonds is 3. The zero-order valence-corrected chi connectivity index (χ0v) is 10.7. The van der Waals surface area contributed by atoms with Crippen LogP contribution in [0.5, 0.6) is 0 Å². The van der Waals surface area contributed by atoms with E-state index < -0.39 is 17.7 Å². The van der Waals surface area contributed by atoms with Crippen LogP contribution in [-0.2, 0) is 6.54 Å². The highest BCUT2D eigenvalue weighted by Gasteiger charge is 2.32. The lowest BCUT2D eigenvalue weighted by Crippen LogP contribution is -2.24. The fraction of sp³-hybridized carbons (Fsp3) is 0.357. The standard InChI is InChI=1S/C14H14F2N2O2/c15-12-2-1-9(5-13(12)16)14-6-11(19)8-18(14)7-10-3-4-20-17-10/h1-5,11,14,19H,6-8H2/t11-,14-/m0/s1. The van der Waals surface area contributed by atoms with Gasteiger partial charge in [0.15, 0.2) is 11.6 Å². The van der Waals surface area contributed by atoms with Crippen LogP contribution in [0.3, 0.4) is 0 Å². The van der Waals surface area contributed by atoms with Crippen LogP contribution >= 0.6 is 0 Å². The third-order valence-corrected chi connectivity index (χ3v) is 3.57. The van der Waals surface area contributed by atoms with Gasteiger partial charge in [-0.1, -0.05) is 11.2 Å². The fourth-order valence-electron chi connectivity index (χ4n) is 2.65. The Bertz CT molecular complexity index is 589. The first-order chi connectivity index (χ1) is 9.63. The normalized spacial score (nSPS) is 23.4. The van der Waals surface area contributed by atoms with Crippen molar-refractivity contribution >= 4 is 0 Å². The number of hydrogen-bond donors (Lipinski definition) is 1. The van der Waals surface area contributed by atoms with Gasteiger partial charge >= 0.3 is 0 Å². The van der Waals surface area contributed by atoms with Crippen LogP contribution in [0.15, 0.2) is 35.1 Å². The second kappa shape index (κ2) is 5.30. The Labute approximate surface area is 114 Å². The highest BCUT2D eigenvalue weighted by molar-refractivity contribution is 5.23. The van der Waals surface area contributed by atoms with E-state index in [1.165, 1.54) is 12.3 Å². The molecule has 0 unspecified atom stereocenters. The molecule has 0 radical (unpaired) electrons. The molecule has 1 aromatic carbocycles. The topological polar surface area (TPSA) is 49.5 Å². The molecule has 1 fully saturated rings. The number of halogens is 2. The van der Waals surface area contributed by atoms with E-state index in [2.05, 4.69) is 5.16 Å². The molecule has 1 saturated heterocycles. The lowest BCUT2D eigenvalue weighted by molar-refractivity contribution is 0.171. The molecule has 0 aliphatic carbocycles. The maximum absolute atomic E-state index is 13.4. The van der Waals surface area contributed by atoms with Crippen molar-refractivity contribution in [3.8, 4) is 0 Å². The molecule has 20 heavy (non-hydrogen) atoms. The van der Waals surface area contributed by atoms with Crippen molar-refractivity contribution in [2.75, 3.05) is 6.54 Å². The smallest absolute Gasteiger partial charge is 0.159 e. The number of β-amino-alcohol motifs (C(OH)–C–C–N with tert-alkyl or cyclic N) is 1. The molecule has 1 aliphatic rings. The molecular formula is C14H14F2N2O2. The molecule has 6 heteroatoms. The van der Waals surface area contributed by atoms with Gasteiger partial charge in [0.05, 0.1) is 11.8 Å². The Morgan fingerprint density at radius 3 is 2.85 bits per heavy atom. The summed E-state index contributed by atoms with van der Waals surface area (Å²) in [5.41, 5.74) is 1.40. The van der Waals surface area contributed by atoms with Gasteiger partial charge in [0.1, 0.15) is 6.26 Å². The van der Waals surface area contributed by atoms with Crippen LogP contribution in [-0.4, -0.2) is 27.8 Å². The van der Waals surface area contributed by atoms with E-state index in [9.17, 15) is 13.9 Å². The highest BCUT2D eigenvalue weighted by Crippen LogP contribution is 2.33. The number of hydrogen-bond acceptors (Lipinski definition) is 4. The van der Waals surface area contributed by atoms with Gasteiger partial charge in [0.2, 0.25) is 0 Å². The van der Waals surface area contributed by atoms with Crippen LogP contribution in [0.25, 0.3) is 0 Å². The van der Waals surface area contributed by atoms with Crippen molar-refractivity contribution in [3.05, 3.63) is 53.4 Å². The Kier molecular flexibility index (Phi) is 3.50. The van der Waals surface area contributed by atoms with Gasteiger partial charge in [-0.05, 0) is 24.1 Å². The van der Waals surface area contributed by atoms with Crippen molar-refractivity contribution in [1.82, 2.24) is 10.1 Å². The van der Waals surface area contributed by atoms with E-state index in [-0.39, 0.29) is 6.04 Å². The SMILES string of the molecule is O[C@H]1C[C@@H](c2ccc(F)c(F)c2)N(Cc2ccon2)C1. The van der Waals surface area contributed by atoms with Crippen LogP contribution in [0.2, 0.25) is 0 Å². The largest absolute Gasteiger partial charge is 0.392 e. The van der Waals surface area contributed by atoms with Crippen LogP contribution in [0, 0.1) is 11.6 Å². The van der Waals surface area contributed by atoms with Crippen molar-refractivity contribution in [2.24, 2.45) is 0 Å². The summed E-state index contributed by atoms with van der Waals surface area (Å²) in [5.74, 6) is -1.74. The van der Waals surface area contributed by atoms with E-state index in [0.717, 1.165) is 11.8 Å². The quantitative estimate of drug-likeness (QED) is 0.937. The van der Waals surface area contributed by atoms with Gasteiger partial charge in [0.25, 0.3) is 0 Å². The summed E-state index contributed by atoms with van der Waals surface area (Å²) in [5, 5.41) is 13.7. The van der Waals surface area contributed by atoms with E-state index in [0.29, 0.717) is 25.1 Å². The molecular weight excluding hydrogens is 266 g/mol. The van der Waals surface area contributed by atoms with Crippen LogP contribution in [0.1, 0.15) is 23.7 Å². The third kappa shape index (κ3) is 2.57. The zero-order chi connectivity index (χ0) is 14.1. The first-order valence-corrected chi connectivity index (χ1v) is 6.40. The lowest BCUT2D eigenvalue weighted by Gasteiger charge is -2.23. The van der Waals surface area contributed by atoms with Crippen molar-refractivity contribution < 1.29 is 18.4 Å². The lowest BCUT2D eigenvalue weighted by atomic mass is 10.0. The summed E-state index contributed by atoms with van der Waals surface area (Å²) in [6, 6.07) is 5.44. The van der Waals surface area contributed by atoms with Crippen molar-refractivity contribution in [2.45, 2.75) is 25.1 Å². The molecule has 3 rings (SSSR count). The molecule has 1 aromatic heterocycles. The predicted molar refractivity (Wildman–Crippen MR) is 66.6 cm³/mol. The first kappa shape index (κ1) is 13.2. The van der Waals surface area contributed by atoms with E-state index >= 15 is 0 Å². The highest BCUT2D eigenvalue weighted by atomic mass is 19.2. The number of benzene rings is 1. The molecule has 2 heterocycles. The van der Waals surface area contributed by atoms with E-state index in [1.54, 1.807) is 12.1 Å². The monoisotopic (exact) mass is 280 g/mol. The molecule has 1 N–H and O–H groups in total. The molecule has 106 valence electrons. The Morgan fingerprint density at radius 1 is 1.30 bits per heavy atom. The van der Waals surface area contributed by atoms with Gasteiger partial charge in [-0.25, -0.2) is 8.78 Å². The molecule has 0 spiro atoms. The Balaban J connectivity index is 1.83. The molecule has 0 saturated carbocycles. The average Bonchev–Trinajstić information content (AvgIpc) is 3.03. The summed E-state index contributed by atoms with van der Waals surface area (Å²) < 4.78 is 31.1. The minimum atomic E-state index is -0.870. The Morgan fingerprint density at radius 2 is 2.15 bits per heavy atom. The number of aliphatic hydroxyl groups is 1. The summed E-state index contributed by atoms with van der Waals surface area (Å²) in [6.07, 6.45) is 1.48. The molecule has 0 amide bonds. The minimum Gasteiger partial charge on any atom is -0.392 e. The Hall–Kier alpha value is -1.79. The number of nitrogens with zero attached hydrogens (tertiary/aromatic N) is 2. The maximum Gasteiger partial charge on any atom is 0.159 e. The minimum absolute atomic E-state index is 0.156. The molecule has 2 atom stereocenters. The van der Waals surface area contributed by atoms with Gasteiger partial charge in [-0.2, -0.15) is 0 Å². The summed E-state index contributed by atoms with van der Waals surface area (Å²) in [6.45, 7) is 0.966. The second-order valence-electron chi connectivity index (χ2n) is 5.00. The first-order valence-electron chi connectivity index (χ1n) is 6.40. The molecule has 0 bridgehead atoms. The molecule has 1 aliphatic heterocycles. The summed E-state index contributed by atoms with van der Waals surface area (Å²) >= 11 is 0. The zero-order valence-electron chi connectivity index (χ0n) is 10.7. The van der Waals surface area contributed by atoms with Gasteiger partial charge in [-0.3, -0.25) is 4.90 Å². The maximum atomic E-state index is 13.4.